The average Bonchev–Trinajstić information content (AvgIpc) is 2.86. The van der Waals surface area contributed by atoms with Gasteiger partial charge in [-0.25, -0.2) is 0 Å². The first kappa shape index (κ1) is 15.3. The number of hydrogen-bond donors (Lipinski definition) is 0. The molecule has 0 radical (unpaired) electrons. The van der Waals surface area contributed by atoms with Gasteiger partial charge < -0.3 is 4.90 Å². The lowest BCUT2D eigenvalue weighted by Gasteiger charge is -2.24. The second-order valence-electron chi connectivity index (χ2n) is 5.00. The number of thiophene rings is 1. The number of nitrogens with zero attached hydrogens (tertiary/aromatic N) is 1. The van der Waals surface area contributed by atoms with Gasteiger partial charge in [0.05, 0.1) is 6.04 Å². The molecule has 1 aromatic heterocycles. The molecule has 0 saturated heterocycles. The summed E-state index contributed by atoms with van der Waals surface area (Å²) in [5.74, 6) is 0.0548. The lowest BCUT2D eigenvalue weighted by Crippen LogP contribution is -2.29. The predicted molar refractivity (Wildman–Crippen MR) is 88.4 cm³/mol. The lowest BCUT2D eigenvalue weighted by molar-refractivity contribution is 0.0745. The summed E-state index contributed by atoms with van der Waals surface area (Å²) in [5, 5.41) is 0. The Morgan fingerprint density at radius 1 is 1.25 bits per heavy atom. The maximum atomic E-state index is 12.5. The molecule has 0 fully saturated rings. The molecule has 0 saturated carbocycles. The minimum Gasteiger partial charge on any atom is -0.334 e. The van der Waals surface area contributed by atoms with Crippen molar-refractivity contribution >= 4 is 33.2 Å². The first-order chi connectivity index (χ1) is 9.40. The van der Waals surface area contributed by atoms with Crippen LogP contribution in [0.5, 0.6) is 0 Å². The molecule has 0 aliphatic heterocycles. The van der Waals surface area contributed by atoms with Crippen LogP contribution in [-0.2, 0) is 0 Å². The van der Waals surface area contributed by atoms with Gasteiger partial charge in [0.2, 0.25) is 0 Å². The molecule has 1 unspecified atom stereocenters. The van der Waals surface area contributed by atoms with Crippen LogP contribution >= 0.6 is 27.3 Å². The zero-order valence-corrected chi connectivity index (χ0v) is 14.5. The van der Waals surface area contributed by atoms with E-state index in [-0.39, 0.29) is 11.9 Å². The zero-order chi connectivity index (χ0) is 14.9. The topological polar surface area (TPSA) is 20.3 Å². The third-order valence-corrected chi connectivity index (χ3v) is 5.54. The number of halogens is 1. The Labute approximate surface area is 132 Å². The van der Waals surface area contributed by atoms with Crippen molar-refractivity contribution < 1.29 is 4.79 Å². The molecule has 2 aromatic rings. The number of benzene rings is 1. The zero-order valence-electron chi connectivity index (χ0n) is 12.1. The molecule has 2 rings (SSSR count). The quantitative estimate of drug-likeness (QED) is 0.765. The van der Waals surface area contributed by atoms with Gasteiger partial charge in [0.25, 0.3) is 5.91 Å². The minimum atomic E-state index is 0.0548. The molecule has 20 heavy (non-hydrogen) atoms. The van der Waals surface area contributed by atoms with Gasteiger partial charge in [-0.05, 0) is 56.7 Å². The van der Waals surface area contributed by atoms with Crippen LogP contribution in [0.1, 0.15) is 38.6 Å². The van der Waals surface area contributed by atoms with Crippen LogP contribution in [0.3, 0.4) is 0 Å². The van der Waals surface area contributed by atoms with Crippen LogP contribution in [0, 0.1) is 13.8 Å². The van der Waals surface area contributed by atoms with Gasteiger partial charge in [-0.1, -0.05) is 15.9 Å². The summed E-state index contributed by atoms with van der Waals surface area (Å²) in [6.45, 7) is 6.14. The van der Waals surface area contributed by atoms with E-state index in [1.807, 2.05) is 32.2 Å². The molecule has 2 nitrogen and oxygen atoms in total. The second kappa shape index (κ2) is 6.10. The van der Waals surface area contributed by atoms with Crippen molar-refractivity contribution in [1.29, 1.82) is 0 Å². The highest BCUT2D eigenvalue weighted by Crippen LogP contribution is 2.27. The Hall–Kier alpha value is -1.13. The number of carbonyl (C=O) groups excluding carboxylic acids is 1. The van der Waals surface area contributed by atoms with Crippen LogP contribution in [0.25, 0.3) is 0 Å². The SMILES string of the molecule is Cc1ccc(C(C)N(C)C(=O)c2ccc(Br)c(C)c2)s1. The minimum absolute atomic E-state index is 0.0548. The first-order valence-corrected chi connectivity index (χ1v) is 8.10. The van der Waals surface area contributed by atoms with Gasteiger partial charge in [-0.2, -0.15) is 0 Å². The Morgan fingerprint density at radius 2 is 1.95 bits per heavy atom. The van der Waals surface area contributed by atoms with Crippen molar-refractivity contribution in [2.75, 3.05) is 7.05 Å². The summed E-state index contributed by atoms with van der Waals surface area (Å²) < 4.78 is 1.03. The third-order valence-electron chi connectivity index (χ3n) is 3.48. The Bertz CT molecular complexity index is 635. The standard InChI is InChI=1S/C16H18BrNOS/c1-10-9-13(6-7-14(10)17)16(19)18(4)12(3)15-8-5-11(2)20-15/h5-9,12H,1-4H3. The van der Waals surface area contributed by atoms with Crippen LogP contribution < -0.4 is 0 Å². The molecule has 0 aliphatic carbocycles. The summed E-state index contributed by atoms with van der Waals surface area (Å²) in [6.07, 6.45) is 0. The highest BCUT2D eigenvalue weighted by atomic mass is 79.9. The molecule has 106 valence electrons. The highest BCUT2D eigenvalue weighted by molar-refractivity contribution is 9.10. The molecule has 1 amide bonds. The van der Waals surface area contributed by atoms with Crippen LogP contribution in [0.4, 0.5) is 0 Å². The van der Waals surface area contributed by atoms with Gasteiger partial charge in [0.1, 0.15) is 0 Å². The Balaban J connectivity index is 2.21. The van der Waals surface area contributed by atoms with Crippen molar-refractivity contribution in [3.63, 3.8) is 0 Å². The fourth-order valence-corrected chi connectivity index (χ4v) is 3.25. The van der Waals surface area contributed by atoms with Crippen molar-refractivity contribution in [2.45, 2.75) is 26.8 Å². The van der Waals surface area contributed by atoms with E-state index in [4.69, 9.17) is 0 Å². The van der Waals surface area contributed by atoms with E-state index >= 15 is 0 Å². The molecule has 0 aliphatic rings. The van der Waals surface area contributed by atoms with Gasteiger partial charge in [0, 0.05) is 26.8 Å². The number of hydrogen-bond acceptors (Lipinski definition) is 2. The van der Waals surface area contributed by atoms with Gasteiger partial charge >= 0.3 is 0 Å². The molecule has 1 aromatic carbocycles. The van der Waals surface area contributed by atoms with E-state index in [9.17, 15) is 4.79 Å². The monoisotopic (exact) mass is 351 g/mol. The molecular weight excluding hydrogens is 334 g/mol. The fraction of sp³-hybridized carbons (Fsp3) is 0.312. The normalized spacial score (nSPS) is 12.2. The first-order valence-electron chi connectivity index (χ1n) is 6.50. The Morgan fingerprint density at radius 3 is 2.50 bits per heavy atom. The van der Waals surface area contributed by atoms with E-state index in [0.29, 0.717) is 0 Å². The van der Waals surface area contributed by atoms with Crippen molar-refractivity contribution in [1.82, 2.24) is 4.90 Å². The van der Waals surface area contributed by atoms with Gasteiger partial charge in [0.15, 0.2) is 0 Å². The number of rotatable bonds is 3. The van der Waals surface area contributed by atoms with Crippen molar-refractivity contribution in [2.24, 2.45) is 0 Å². The van der Waals surface area contributed by atoms with Crippen LogP contribution in [0.15, 0.2) is 34.8 Å². The smallest absolute Gasteiger partial charge is 0.254 e. The van der Waals surface area contributed by atoms with E-state index in [2.05, 4.69) is 41.9 Å². The molecule has 0 N–H and O–H groups in total. The fourth-order valence-electron chi connectivity index (χ4n) is 2.03. The Kier molecular flexibility index (Phi) is 4.66. The maximum absolute atomic E-state index is 12.5. The number of carbonyl (C=O) groups is 1. The average molecular weight is 352 g/mol. The van der Waals surface area contributed by atoms with Crippen LogP contribution in [-0.4, -0.2) is 17.9 Å². The number of aryl methyl sites for hydroxylation is 2. The van der Waals surface area contributed by atoms with Crippen molar-refractivity contribution in [3.8, 4) is 0 Å². The summed E-state index contributed by atoms with van der Waals surface area (Å²) in [4.78, 5) is 16.8. The molecular formula is C16H18BrNOS. The second-order valence-corrected chi connectivity index (χ2v) is 7.18. The maximum Gasteiger partial charge on any atom is 0.254 e. The van der Waals surface area contributed by atoms with E-state index in [0.717, 1.165) is 15.6 Å². The summed E-state index contributed by atoms with van der Waals surface area (Å²) >= 11 is 5.20. The van der Waals surface area contributed by atoms with E-state index in [1.54, 1.807) is 16.2 Å². The summed E-state index contributed by atoms with van der Waals surface area (Å²) in [5.41, 5.74) is 1.80. The largest absolute Gasteiger partial charge is 0.334 e. The molecule has 1 atom stereocenters. The van der Waals surface area contributed by atoms with Crippen LogP contribution in [0.2, 0.25) is 0 Å². The molecule has 0 bridgehead atoms. The van der Waals surface area contributed by atoms with Gasteiger partial charge in [-0.3, -0.25) is 4.79 Å². The van der Waals surface area contributed by atoms with E-state index < -0.39 is 0 Å². The summed E-state index contributed by atoms with van der Waals surface area (Å²) in [7, 11) is 1.86. The van der Waals surface area contributed by atoms with Crippen molar-refractivity contribution in [3.05, 3.63) is 55.7 Å². The lowest BCUT2D eigenvalue weighted by atomic mass is 10.1. The third kappa shape index (κ3) is 3.13. The molecule has 4 heteroatoms. The highest BCUT2D eigenvalue weighted by Gasteiger charge is 2.20. The summed E-state index contributed by atoms with van der Waals surface area (Å²) in [6, 6.07) is 10.00. The van der Waals surface area contributed by atoms with Gasteiger partial charge in [-0.15, -0.1) is 11.3 Å². The molecule has 0 spiro atoms. The molecule has 1 heterocycles. The predicted octanol–water partition coefficient (Wildman–Crippen LogP) is 4.96. The number of amides is 1. The van der Waals surface area contributed by atoms with E-state index in [1.165, 1.54) is 9.75 Å².